The summed E-state index contributed by atoms with van der Waals surface area (Å²) in [5.41, 5.74) is 1.13. The van der Waals surface area contributed by atoms with Crippen LogP contribution in [0.1, 0.15) is 19.5 Å². The van der Waals surface area contributed by atoms with E-state index in [1.54, 1.807) is 37.7 Å². The Morgan fingerprint density at radius 3 is 2.32 bits per heavy atom. The third-order valence-corrected chi connectivity index (χ3v) is 5.13. The summed E-state index contributed by atoms with van der Waals surface area (Å²) < 4.78 is 3.13. The fourth-order valence-corrected chi connectivity index (χ4v) is 3.27. The number of para-hydroxylation sites is 1. The van der Waals surface area contributed by atoms with Crippen LogP contribution in [0.25, 0.3) is 5.69 Å². The molecule has 0 bridgehead atoms. The van der Waals surface area contributed by atoms with Gasteiger partial charge in [0.1, 0.15) is 5.69 Å². The van der Waals surface area contributed by atoms with Crippen LogP contribution >= 0.6 is 11.8 Å². The number of aliphatic carboxylic acids is 1. The number of carboxylic acids is 1. The predicted octanol–water partition coefficient (Wildman–Crippen LogP) is 0.683. The maximum Gasteiger partial charge on any atom is 0.295 e. The van der Waals surface area contributed by atoms with Gasteiger partial charge in [-0.05, 0) is 32.9 Å². The molecule has 1 aromatic carbocycles. The van der Waals surface area contributed by atoms with Crippen molar-refractivity contribution in [3.63, 3.8) is 0 Å². The van der Waals surface area contributed by atoms with Gasteiger partial charge in [0.25, 0.3) is 5.56 Å². The number of carboxylic acid groups (broad SMARTS) is 1. The zero-order valence-corrected chi connectivity index (χ0v) is 15.3. The van der Waals surface area contributed by atoms with E-state index >= 15 is 0 Å². The molecule has 8 heteroatoms. The van der Waals surface area contributed by atoms with Gasteiger partial charge >= 0.3 is 0 Å². The molecule has 2 rings (SSSR count). The Hall–Kier alpha value is -2.48. The Morgan fingerprint density at radius 2 is 1.76 bits per heavy atom. The van der Waals surface area contributed by atoms with E-state index in [9.17, 15) is 19.5 Å². The van der Waals surface area contributed by atoms with Crippen LogP contribution in [0.15, 0.2) is 35.1 Å². The summed E-state index contributed by atoms with van der Waals surface area (Å²) in [5, 5.41) is 12.0. The fraction of sp³-hybridized carbons (Fsp3) is 0.353. The largest absolute Gasteiger partial charge is 0.549 e. The van der Waals surface area contributed by atoms with E-state index in [-0.39, 0.29) is 11.2 Å². The van der Waals surface area contributed by atoms with Crippen molar-refractivity contribution in [2.75, 3.05) is 5.32 Å². The van der Waals surface area contributed by atoms with Crippen molar-refractivity contribution >= 4 is 29.3 Å². The average Bonchev–Trinajstić information content (AvgIpc) is 2.78. The molecule has 0 radical (unpaired) electrons. The molecule has 0 spiro atoms. The van der Waals surface area contributed by atoms with Gasteiger partial charge in [0.05, 0.1) is 22.6 Å². The third kappa shape index (κ3) is 3.96. The molecule has 1 N–H and O–H groups in total. The molecule has 0 aliphatic rings. The molecule has 25 heavy (non-hydrogen) atoms. The molecule has 0 saturated carbocycles. The third-order valence-electron chi connectivity index (χ3n) is 3.91. The minimum atomic E-state index is -1.23. The van der Waals surface area contributed by atoms with Crippen LogP contribution in [-0.2, 0) is 16.6 Å². The van der Waals surface area contributed by atoms with Crippen molar-refractivity contribution < 1.29 is 14.7 Å². The smallest absolute Gasteiger partial charge is 0.295 e. The number of hydrogen-bond donors (Lipinski definition) is 1. The molecule has 2 atom stereocenters. The highest BCUT2D eigenvalue weighted by Crippen LogP contribution is 2.20. The van der Waals surface area contributed by atoms with Gasteiger partial charge in [0, 0.05) is 12.3 Å². The Kier molecular flexibility index (Phi) is 5.73. The maximum atomic E-state index is 12.7. The van der Waals surface area contributed by atoms with Crippen LogP contribution in [0.5, 0.6) is 0 Å². The van der Waals surface area contributed by atoms with Gasteiger partial charge in [-0.3, -0.25) is 14.3 Å². The van der Waals surface area contributed by atoms with Crippen LogP contribution in [0, 0.1) is 6.92 Å². The average molecular weight is 362 g/mol. The zero-order chi connectivity index (χ0) is 18.7. The normalized spacial score (nSPS) is 13.3. The van der Waals surface area contributed by atoms with Gasteiger partial charge in [-0.25, -0.2) is 4.68 Å². The summed E-state index contributed by atoms with van der Waals surface area (Å²) in [6.07, 6.45) is 0. The number of carbonyl (C=O) groups is 2. The molecule has 0 unspecified atom stereocenters. The highest BCUT2D eigenvalue weighted by Gasteiger charge is 2.22. The lowest BCUT2D eigenvalue weighted by atomic mass is 10.3. The molecule has 7 nitrogen and oxygen atoms in total. The molecule has 2 aromatic rings. The van der Waals surface area contributed by atoms with Crippen molar-refractivity contribution in [1.82, 2.24) is 9.36 Å². The number of rotatable bonds is 6. The van der Waals surface area contributed by atoms with Gasteiger partial charge in [-0.15, -0.1) is 11.8 Å². The number of nitrogens with zero attached hydrogens (tertiary/aromatic N) is 2. The second-order valence-corrected chi connectivity index (χ2v) is 7.35. The number of hydrogen-bond acceptors (Lipinski definition) is 5. The number of aromatic nitrogens is 2. The van der Waals surface area contributed by atoms with E-state index < -0.39 is 22.4 Å². The minimum Gasteiger partial charge on any atom is -0.549 e. The van der Waals surface area contributed by atoms with E-state index in [0.717, 1.165) is 11.8 Å². The van der Waals surface area contributed by atoms with E-state index in [1.807, 2.05) is 18.2 Å². The molecule has 1 amide bonds. The molecule has 1 heterocycles. The second-order valence-electron chi connectivity index (χ2n) is 5.67. The zero-order valence-electron chi connectivity index (χ0n) is 14.5. The standard InChI is InChI=1S/C17H21N3O4S/c1-10-14(18-15(21)11(2)25-12(3)17(23)24)16(22)20(19(10)4)13-8-6-5-7-9-13/h5-9,11-12H,1-4H3,(H,18,21)(H,23,24)/p-1/t11-,12+/m1/s1. The summed E-state index contributed by atoms with van der Waals surface area (Å²) >= 11 is 0.964. The van der Waals surface area contributed by atoms with Gasteiger partial charge in [-0.1, -0.05) is 18.2 Å². The van der Waals surface area contributed by atoms with Crippen molar-refractivity contribution in [1.29, 1.82) is 0 Å². The van der Waals surface area contributed by atoms with Crippen molar-refractivity contribution in [2.45, 2.75) is 31.3 Å². The highest BCUT2D eigenvalue weighted by molar-refractivity contribution is 8.01. The van der Waals surface area contributed by atoms with E-state index in [0.29, 0.717) is 11.4 Å². The number of anilines is 1. The number of carbonyl (C=O) groups excluding carboxylic acids is 2. The van der Waals surface area contributed by atoms with E-state index in [1.165, 1.54) is 11.6 Å². The van der Waals surface area contributed by atoms with Crippen LogP contribution in [-0.4, -0.2) is 31.7 Å². The van der Waals surface area contributed by atoms with Crippen LogP contribution in [0.2, 0.25) is 0 Å². The second kappa shape index (κ2) is 7.60. The Labute approximate surface area is 149 Å². The summed E-state index contributed by atoms with van der Waals surface area (Å²) in [5.74, 6) is -1.66. The molecular weight excluding hydrogens is 342 g/mol. The van der Waals surface area contributed by atoms with Crippen molar-refractivity contribution in [2.24, 2.45) is 7.05 Å². The van der Waals surface area contributed by atoms with Gasteiger partial charge in [0.2, 0.25) is 5.91 Å². The highest BCUT2D eigenvalue weighted by atomic mass is 32.2. The number of thioether (sulfide) groups is 1. The van der Waals surface area contributed by atoms with E-state index in [4.69, 9.17) is 0 Å². The lowest BCUT2D eigenvalue weighted by Crippen LogP contribution is -2.35. The molecule has 1 aromatic heterocycles. The lowest BCUT2D eigenvalue weighted by Gasteiger charge is -2.17. The summed E-state index contributed by atoms with van der Waals surface area (Å²) in [4.78, 5) is 35.9. The number of nitrogens with one attached hydrogen (secondary N) is 1. The molecule has 0 saturated heterocycles. The lowest BCUT2D eigenvalue weighted by molar-refractivity contribution is -0.304. The van der Waals surface area contributed by atoms with Crippen molar-refractivity contribution in [3.05, 3.63) is 46.4 Å². The topological polar surface area (TPSA) is 96.2 Å². The minimum absolute atomic E-state index is 0.185. The molecule has 134 valence electrons. The molecule has 0 aliphatic carbocycles. The number of amides is 1. The van der Waals surface area contributed by atoms with E-state index in [2.05, 4.69) is 5.32 Å². The monoisotopic (exact) mass is 362 g/mol. The SMILES string of the molecule is Cc1c(NC(=O)[C@@H](C)S[C@@H](C)C(=O)[O-])c(=O)n(-c2ccccc2)n1C. The first kappa shape index (κ1) is 18.9. The van der Waals surface area contributed by atoms with Gasteiger partial charge in [-0.2, -0.15) is 0 Å². The molecule has 0 aliphatic heterocycles. The summed E-state index contributed by atoms with van der Waals surface area (Å²) in [6, 6.07) is 9.09. The Balaban J connectivity index is 2.28. The first-order chi connectivity index (χ1) is 11.7. The quantitative estimate of drug-likeness (QED) is 0.815. The van der Waals surface area contributed by atoms with Crippen LogP contribution in [0.3, 0.4) is 0 Å². The summed E-state index contributed by atoms with van der Waals surface area (Å²) in [6.45, 7) is 4.78. The first-order valence-corrected chi connectivity index (χ1v) is 8.69. The molecular formula is C17H20N3O4S-. The fourth-order valence-electron chi connectivity index (χ4n) is 2.36. The maximum absolute atomic E-state index is 12.7. The first-order valence-electron chi connectivity index (χ1n) is 7.75. The van der Waals surface area contributed by atoms with Crippen LogP contribution < -0.4 is 16.0 Å². The van der Waals surface area contributed by atoms with Gasteiger partial charge in [0.15, 0.2) is 0 Å². The summed E-state index contributed by atoms with van der Waals surface area (Å²) in [7, 11) is 1.73. The number of benzene rings is 1. The van der Waals surface area contributed by atoms with Crippen molar-refractivity contribution in [3.8, 4) is 5.69 Å². The predicted molar refractivity (Wildman–Crippen MR) is 95.9 cm³/mol. The van der Waals surface area contributed by atoms with Crippen LogP contribution in [0.4, 0.5) is 5.69 Å². The molecule has 0 fully saturated rings. The van der Waals surface area contributed by atoms with Gasteiger partial charge < -0.3 is 15.2 Å². The Morgan fingerprint density at radius 1 is 1.16 bits per heavy atom. The Bertz CT molecular complexity index is 842.